The first-order chi connectivity index (χ1) is 14.0. The summed E-state index contributed by atoms with van der Waals surface area (Å²) in [6.45, 7) is 2.58. The summed E-state index contributed by atoms with van der Waals surface area (Å²) in [5.41, 5.74) is 0.629. The Morgan fingerprint density at radius 2 is 2.10 bits per heavy atom. The lowest BCUT2D eigenvalue weighted by atomic mass is 9.98. The van der Waals surface area contributed by atoms with Gasteiger partial charge in [0.05, 0.1) is 5.92 Å². The molecule has 0 radical (unpaired) electrons. The summed E-state index contributed by atoms with van der Waals surface area (Å²) in [6.07, 6.45) is 6.38. The molecule has 2 aromatic rings. The Labute approximate surface area is 174 Å². The maximum Gasteiger partial charge on any atom is 0.252 e. The molecule has 2 aromatic heterocycles. The van der Waals surface area contributed by atoms with E-state index in [0.717, 1.165) is 43.4 Å². The molecule has 0 bridgehead atoms. The second-order valence-corrected chi connectivity index (χ2v) is 10.8. The summed E-state index contributed by atoms with van der Waals surface area (Å²) >= 11 is 1.15. The Hall–Kier alpha value is -1.78. The molecule has 1 saturated carbocycles. The quantitative estimate of drug-likeness (QED) is 0.743. The van der Waals surface area contributed by atoms with Gasteiger partial charge in [-0.1, -0.05) is 24.9 Å². The van der Waals surface area contributed by atoms with E-state index in [9.17, 15) is 13.2 Å². The van der Waals surface area contributed by atoms with Crippen LogP contribution in [-0.2, 0) is 21.2 Å². The van der Waals surface area contributed by atoms with Gasteiger partial charge in [-0.15, -0.1) is 11.3 Å². The van der Waals surface area contributed by atoms with Crippen molar-refractivity contribution in [3.63, 3.8) is 0 Å². The Morgan fingerprint density at radius 1 is 1.31 bits per heavy atom. The fourth-order valence-electron chi connectivity index (χ4n) is 3.98. The Bertz CT molecular complexity index is 963. The molecule has 2 fully saturated rings. The highest BCUT2D eigenvalue weighted by atomic mass is 32.2. The largest absolute Gasteiger partial charge is 0.353 e. The van der Waals surface area contributed by atoms with Gasteiger partial charge in [0.2, 0.25) is 17.6 Å². The lowest BCUT2D eigenvalue weighted by Gasteiger charge is -2.31. The number of aryl methyl sites for hydroxylation is 1. The summed E-state index contributed by atoms with van der Waals surface area (Å²) < 4.78 is 33.1. The van der Waals surface area contributed by atoms with Gasteiger partial charge in [0.1, 0.15) is 4.21 Å². The van der Waals surface area contributed by atoms with Crippen LogP contribution in [0.25, 0.3) is 11.4 Å². The molecule has 1 N–H and O–H groups in total. The van der Waals surface area contributed by atoms with Crippen LogP contribution < -0.4 is 5.32 Å². The normalized spacial score (nSPS) is 21.5. The second-order valence-electron chi connectivity index (χ2n) is 7.71. The van der Waals surface area contributed by atoms with E-state index in [1.807, 2.05) is 6.92 Å². The number of nitrogens with zero attached hydrogens (tertiary/aromatic N) is 3. The summed E-state index contributed by atoms with van der Waals surface area (Å²) in [4.78, 5) is 16.9. The average Bonchev–Trinajstić information content (AvgIpc) is 3.48. The molecule has 2 aliphatic rings. The van der Waals surface area contributed by atoms with E-state index in [0.29, 0.717) is 36.7 Å². The van der Waals surface area contributed by atoms with E-state index in [1.54, 1.807) is 11.4 Å². The number of hydrogen-bond donors (Lipinski definition) is 1. The predicted octanol–water partition coefficient (Wildman–Crippen LogP) is 2.82. The van der Waals surface area contributed by atoms with Gasteiger partial charge in [-0.3, -0.25) is 4.79 Å². The van der Waals surface area contributed by atoms with Crippen molar-refractivity contribution in [1.82, 2.24) is 19.8 Å². The molecule has 3 heterocycles. The monoisotopic (exact) mass is 438 g/mol. The van der Waals surface area contributed by atoms with Gasteiger partial charge in [-0.25, -0.2) is 8.42 Å². The fourth-order valence-corrected chi connectivity index (χ4v) is 6.81. The van der Waals surface area contributed by atoms with Gasteiger partial charge in [0, 0.05) is 36.5 Å². The maximum atomic E-state index is 13.1. The van der Waals surface area contributed by atoms with Crippen molar-refractivity contribution < 1.29 is 17.7 Å². The minimum Gasteiger partial charge on any atom is -0.353 e. The molecule has 1 atom stereocenters. The SMILES string of the molecule is CCc1nc(-c2csc(S(=O)(=O)N3CCCC(C(=O)NC4CCCC4)C3)c2)no1. The molecule has 4 rings (SSSR count). The molecule has 0 spiro atoms. The zero-order chi connectivity index (χ0) is 20.4. The van der Waals surface area contributed by atoms with Gasteiger partial charge in [0.15, 0.2) is 0 Å². The van der Waals surface area contributed by atoms with Gasteiger partial charge in [-0.2, -0.15) is 9.29 Å². The third-order valence-electron chi connectivity index (χ3n) is 5.65. The summed E-state index contributed by atoms with van der Waals surface area (Å²) in [7, 11) is -3.66. The van der Waals surface area contributed by atoms with Crippen LogP contribution >= 0.6 is 11.3 Å². The summed E-state index contributed by atoms with van der Waals surface area (Å²) in [5, 5.41) is 8.75. The van der Waals surface area contributed by atoms with E-state index in [1.165, 1.54) is 4.31 Å². The molecule has 1 aliphatic heterocycles. The van der Waals surface area contributed by atoms with Crippen LogP contribution in [0.4, 0.5) is 0 Å². The van der Waals surface area contributed by atoms with Crippen molar-refractivity contribution in [1.29, 1.82) is 0 Å². The fraction of sp³-hybridized carbons (Fsp3) is 0.632. The number of rotatable bonds is 6. The summed E-state index contributed by atoms with van der Waals surface area (Å²) in [6, 6.07) is 1.84. The lowest BCUT2D eigenvalue weighted by Crippen LogP contribution is -2.47. The first kappa shape index (κ1) is 20.5. The molecule has 1 saturated heterocycles. The number of carbonyl (C=O) groups excluding carboxylic acids is 1. The Balaban J connectivity index is 1.46. The van der Waals surface area contributed by atoms with E-state index < -0.39 is 10.0 Å². The first-order valence-electron chi connectivity index (χ1n) is 10.2. The van der Waals surface area contributed by atoms with Crippen molar-refractivity contribution in [2.75, 3.05) is 13.1 Å². The van der Waals surface area contributed by atoms with Crippen LogP contribution in [0.5, 0.6) is 0 Å². The molecule has 0 aromatic carbocycles. The average molecular weight is 439 g/mol. The van der Waals surface area contributed by atoms with E-state index in [4.69, 9.17) is 4.52 Å². The van der Waals surface area contributed by atoms with Crippen molar-refractivity contribution in [2.24, 2.45) is 5.92 Å². The van der Waals surface area contributed by atoms with Crippen molar-refractivity contribution in [3.05, 3.63) is 17.3 Å². The van der Waals surface area contributed by atoms with E-state index in [-0.39, 0.29) is 28.6 Å². The molecule has 1 amide bonds. The number of hydrogen-bond acceptors (Lipinski definition) is 7. The molecule has 1 aliphatic carbocycles. The predicted molar refractivity (Wildman–Crippen MR) is 109 cm³/mol. The third-order valence-corrected chi connectivity index (χ3v) is 8.94. The van der Waals surface area contributed by atoms with Crippen molar-refractivity contribution in [3.8, 4) is 11.4 Å². The minimum atomic E-state index is -3.66. The zero-order valence-electron chi connectivity index (χ0n) is 16.5. The van der Waals surface area contributed by atoms with Crippen LogP contribution in [0.3, 0.4) is 0 Å². The van der Waals surface area contributed by atoms with E-state index >= 15 is 0 Å². The number of aromatic nitrogens is 2. The zero-order valence-corrected chi connectivity index (χ0v) is 18.1. The van der Waals surface area contributed by atoms with Gasteiger partial charge < -0.3 is 9.84 Å². The van der Waals surface area contributed by atoms with Crippen molar-refractivity contribution >= 4 is 27.3 Å². The van der Waals surface area contributed by atoms with Gasteiger partial charge in [-0.05, 0) is 31.7 Å². The number of carbonyl (C=O) groups is 1. The van der Waals surface area contributed by atoms with Crippen LogP contribution in [0.15, 0.2) is 20.2 Å². The lowest BCUT2D eigenvalue weighted by molar-refractivity contribution is -0.126. The number of thiophene rings is 1. The highest BCUT2D eigenvalue weighted by molar-refractivity contribution is 7.91. The molecule has 158 valence electrons. The number of piperidine rings is 1. The number of sulfonamides is 1. The molecule has 8 nitrogen and oxygen atoms in total. The molecule has 29 heavy (non-hydrogen) atoms. The molecular weight excluding hydrogens is 412 g/mol. The van der Waals surface area contributed by atoms with E-state index in [2.05, 4.69) is 15.5 Å². The van der Waals surface area contributed by atoms with Crippen molar-refractivity contribution in [2.45, 2.75) is 62.1 Å². The minimum absolute atomic E-state index is 0.0115. The Morgan fingerprint density at radius 3 is 2.83 bits per heavy atom. The van der Waals surface area contributed by atoms with Crippen LogP contribution in [0.1, 0.15) is 51.3 Å². The Kier molecular flexibility index (Phi) is 6.03. The van der Waals surface area contributed by atoms with Crippen LogP contribution in [0.2, 0.25) is 0 Å². The number of nitrogens with one attached hydrogen (secondary N) is 1. The third kappa shape index (κ3) is 4.39. The highest BCUT2D eigenvalue weighted by Gasteiger charge is 2.35. The maximum absolute atomic E-state index is 13.1. The number of amides is 1. The molecule has 1 unspecified atom stereocenters. The topological polar surface area (TPSA) is 105 Å². The smallest absolute Gasteiger partial charge is 0.252 e. The second kappa shape index (κ2) is 8.53. The summed E-state index contributed by atoms with van der Waals surface area (Å²) in [5.74, 6) is 0.611. The molecular formula is C19H26N4O4S2. The highest BCUT2D eigenvalue weighted by Crippen LogP contribution is 2.31. The standard InChI is InChI=1S/C19H26N4O4S2/c1-2-16-21-18(22-27-16)14-10-17(28-12-14)29(25,26)23-9-5-6-13(11-23)19(24)20-15-7-3-4-8-15/h10,12-13,15H,2-9,11H2,1H3,(H,20,24). The first-order valence-corrected chi connectivity index (χ1v) is 12.5. The van der Waals surface area contributed by atoms with Crippen LogP contribution in [0, 0.1) is 5.92 Å². The molecule has 10 heteroatoms. The van der Waals surface area contributed by atoms with Gasteiger partial charge in [0.25, 0.3) is 10.0 Å². The van der Waals surface area contributed by atoms with Crippen LogP contribution in [-0.4, -0.2) is 47.9 Å². The van der Waals surface area contributed by atoms with Gasteiger partial charge >= 0.3 is 0 Å².